The van der Waals surface area contributed by atoms with Gasteiger partial charge < -0.3 is 11.1 Å². The van der Waals surface area contributed by atoms with E-state index in [-0.39, 0.29) is 11.9 Å². The Morgan fingerprint density at radius 2 is 2.16 bits per heavy atom. The molecule has 2 rings (SSSR count). The highest BCUT2D eigenvalue weighted by Crippen LogP contribution is 2.19. The van der Waals surface area contributed by atoms with Crippen molar-refractivity contribution in [1.82, 2.24) is 10.2 Å². The van der Waals surface area contributed by atoms with E-state index < -0.39 is 0 Å². The molecule has 1 aliphatic rings. The lowest BCUT2D eigenvalue weighted by molar-refractivity contribution is -0.129. The maximum Gasteiger partial charge on any atom is 0.237 e. The molecule has 1 aromatic rings. The molecule has 0 spiro atoms. The van der Waals surface area contributed by atoms with Crippen LogP contribution in [0.2, 0.25) is 0 Å². The first kappa shape index (κ1) is 14.0. The summed E-state index contributed by atoms with van der Waals surface area (Å²) in [6, 6.07) is 10.3. The summed E-state index contributed by atoms with van der Waals surface area (Å²) in [5.74, 6) is 0.443. The van der Waals surface area contributed by atoms with Crippen LogP contribution in [0.15, 0.2) is 30.3 Å². The van der Waals surface area contributed by atoms with Gasteiger partial charge in [-0.3, -0.25) is 9.69 Å². The second-order valence-corrected chi connectivity index (χ2v) is 5.05. The molecule has 3 N–H and O–H groups in total. The minimum absolute atomic E-state index is 0.00786. The summed E-state index contributed by atoms with van der Waals surface area (Å²) < 4.78 is 0. The van der Waals surface area contributed by atoms with Crippen LogP contribution in [0.5, 0.6) is 0 Å². The summed E-state index contributed by atoms with van der Waals surface area (Å²) in [5, 5.41) is 2.93. The molecular formula is C15H23N3O. The Hall–Kier alpha value is -1.39. The van der Waals surface area contributed by atoms with Crippen LogP contribution in [-0.2, 0) is 4.79 Å². The number of rotatable bonds is 5. The Bertz CT molecular complexity index is 407. The van der Waals surface area contributed by atoms with Crippen molar-refractivity contribution in [2.75, 3.05) is 26.2 Å². The number of nitrogens with zero attached hydrogens (tertiary/aromatic N) is 1. The highest BCUT2D eigenvalue weighted by atomic mass is 16.2. The number of nitrogens with one attached hydrogen (secondary N) is 1. The van der Waals surface area contributed by atoms with Gasteiger partial charge in [-0.1, -0.05) is 37.3 Å². The molecule has 1 heterocycles. The maximum absolute atomic E-state index is 11.9. The van der Waals surface area contributed by atoms with E-state index in [1.165, 1.54) is 5.56 Å². The molecule has 4 heteroatoms. The van der Waals surface area contributed by atoms with Crippen molar-refractivity contribution in [2.45, 2.75) is 25.3 Å². The van der Waals surface area contributed by atoms with Crippen molar-refractivity contribution < 1.29 is 4.79 Å². The van der Waals surface area contributed by atoms with Gasteiger partial charge in [-0.25, -0.2) is 0 Å². The van der Waals surface area contributed by atoms with Crippen LogP contribution >= 0.6 is 0 Å². The molecule has 2 unspecified atom stereocenters. The highest BCUT2D eigenvalue weighted by Gasteiger charge is 2.29. The van der Waals surface area contributed by atoms with Crippen molar-refractivity contribution in [3.05, 3.63) is 35.9 Å². The number of piperazine rings is 1. The normalized spacial score (nSPS) is 22.0. The lowest BCUT2D eigenvalue weighted by atomic mass is 9.97. The zero-order chi connectivity index (χ0) is 13.7. The van der Waals surface area contributed by atoms with Gasteiger partial charge in [0.2, 0.25) is 5.91 Å². The minimum atomic E-state index is -0.00786. The topological polar surface area (TPSA) is 58.4 Å². The summed E-state index contributed by atoms with van der Waals surface area (Å²) >= 11 is 0. The quantitative estimate of drug-likeness (QED) is 0.829. The summed E-state index contributed by atoms with van der Waals surface area (Å²) in [5.41, 5.74) is 7.17. The second-order valence-electron chi connectivity index (χ2n) is 5.05. The van der Waals surface area contributed by atoms with Gasteiger partial charge in [0.15, 0.2) is 0 Å². The first-order valence-electron chi connectivity index (χ1n) is 7.03. The van der Waals surface area contributed by atoms with Crippen molar-refractivity contribution in [3.8, 4) is 0 Å². The number of carbonyl (C=O) groups excluding carboxylic acids is 1. The number of carbonyl (C=O) groups is 1. The maximum atomic E-state index is 11.9. The molecule has 0 radical (unpaired) electrons. The molecule has 1 saturated heterocycles. The van der Waals surface area contributed by atoms with E-state index >= 15 is 0 Å². The number of hydrogen-bond acceptors (Lipinski definition) is 3. The van der Waals surface area contributed by atoms with Gasteiger partial charge in [0.05, 0.1) is 6.04 Å². The van der Waals surface area contributed by atoms with Crippen molar-refractivity contribution >= 4 is 5.91 Å². The highest BCUT2D eigenvalue weighted by molar-refractivity contribution is 5.82. The summed E-state index contributed by atoms with van der Waals surface area (Å²) in [7, 11) is 0. The van der Waals surface area contributed by atoms with E-state index in [9.17, 15) is 4.79 Å². The van der Waals surface area contributed by atoms with E-state index in [0.717, 1.165) is 26.1 Å². The fourth-order valence-corrected chi connectivity index (χ4v) is 2.75. The molecule has 0 saturated carbocycles. The molecule has 0 bridgehead atoms. The van der Waals surface area contributed by atoms with Crippen LogP contribution in [-0.4, -0.2) is 43.0 Å². The molecule has 1 fully saturated rings. The predicted octanol–water partition coefficient (Wildman–Crippen LogP) is 0.939. The van der Waals surface area contributed by atoms with Crippen LogP contribution < -0.4 is 11.1 Å². The monoisotopic (exact) mass is 261 g/mol. The first-order valence-corrected chi connectivity index (χ1v) is 7.03. The summed E-state index contributed by atoms with van der Waals surface area (Å²) in [6.07, 6.45) is 0.845. The summed E-state index contributed by atoms with van der Waals surface area (Å²) in [6.45, 7) is 5.17. The van der Waals surface area contributed by atoms with Crippen LogP contribution in [0, 0.1) is 0 Å². The van der Waals surface area contributed by atoms with Gasteiger partial charge in [0.25, 0.3) is 0 Å². The third-order valence-corrected chi connectivity index (χ3v) is 3.84. The number of benzene rings is 1. The van der Waals surface area contributed by atoms with Gasteiger partial charge in [0.1, 0.15) is 0 Å². The third-order valence-electron chi connectivity index (χ3n) is 3.84. The Kier molecular flexibility index (Phi) is 4.93. The SMILES string of the molecule is CCC1C(=O)NCCN1CC(CN)c1ccccc1. The fraction of sp³-hybridized carbons (Fsp3) is 0.533. The zero-order valence-electron chi connectivity index (χ0n) is 11.5. The minimum Gasteiger partial charge on any atom is -0.353 e. The zero-order valence-corrected chi connectivity index (χ0v) is 11.5. The smallest absolute Gasteiger partial charge is 0.237 e. The number of amides is 1. The molecule has 1 amide bonds. The number of hydrogen-bond donors (Lipinski definition) is 2. The van der Waals surface area contributed by atoms with E-state index in [1.807, 2.05) is 18.2 Å². The Morgan fingerprint density at radius 1 is 1.42 bits per heavy atom. The van der Waals surface area contributed by atoms with Gasteiger partial charge in [-0.2, -0.15) is 0 Å². The van der Waals surface area contributed by atoms with Crippen LogP contribution in [0.3, 0.4) is 0 Å². The fourth-order valence-electron chi connectivity index (χ4n) is 2.75. The Labute approximate surface area is 115 Å². The van der Waals surface area contributed by atoms with Crippen LogP contribution in [0.1, 0.15) is 24.8 Å². The molecular weight excluding hydrogens is 238 g/mol. The van der Waals surface area contributed by atoms with Crippen molar-refractivity contribution in [2.24, 2.45) is 5.73 Å². The Morgan fingerprint density at radius 3 is 2.79 bits per heavy atom. The molecule has 0 aliphatic carbocycles. The largest absolute Gasteiger partial charge is 0.353 e. The lowest BCUT2D eigenvalue weighted by Crippen LogP contribution is -2.56. The van der Waals surface area contributed by atoms with Gasteiger partial charge in [-0.15, -0.1) is 0 Å². The van der Waals surface area contributed by atoms with E-state index in [0.29, 0.717) is 12.5 Å². The van der Waals surface area contributed by atoms with Crippen molar-refractivity contribution in [1.29, 1.82) is 0 Å². The van der Waals surface area contributed by atoms with E-state index in [1.54, 1.807) is 0 Å². The lowest BCUT2D eigenvalue weighted by Gasteiger charge is -2.36. The second kappa shape index (κ2) is 6.68. The van der Waals surface area contributed by atoms with E-state index in [4.69, 9.17) is 5.73 Å². The molecule has 0 aromatic heterocycles. The molecule has 2 atom stereocenters. The van der Waals surface area contributed by atoms with Crippen LogP contribution in [0.4, 0.5) is 0 Å². The van der Waals surface area contributed by atoms with Gasteiger partial charge in [-0.05, 0) is 12.0 Å². The molecule has 104 valence electrons. The standard InChI is InChI=1S/C15H23N3O/c1-2-14-15(19)17-8-9-18(14)11-13(10-16)12-6-4-3-5-7-12/h3-7,13-14H,2,8-11,16H2,1H3,(H,17,19). The molecule has 19 heavy (non-hydrogen) atoms. The van der Waals surface area contributed by atoms with Gasteiger partial charge in [0, 0.05) is 32.1 Å². The Balaban J connectivity index is 2.07. The average Bonchev–Trinajstić information content (AvgIpc) is 2.46. The summed E-state index contributed by atoms with van der Waals surface area (Å²) in [4.78, 5) is 14.1. The first-order chi connectivity index (χ1) is 9.26. The van der Waals surface area contributed by atoms with Crippen molar-refractivity contribution in [3.63, 3.8) is 0 Å². The molecule has 1 aliphatic heterocycles. The number of nitrogens with two attached hydrogens (primary N) is 1. The molecule has 1 aromatic carbocycles. The van der Waals surface area contributed by atoms with Crippen LogP contribution in [0.25, 0.3) is 0 Å². The average molecular weight is 261 g/mol. The predicted molar refractivity (Wildman–Crippen MR) is 76.9 cm³/mol. The molecule has 4 nitrogen and oxygen atoms in total. The van der Waals surface area contributed by atoms with Gasteiger partial charge >= 0.3 is 0 Å². The van der Waals surface area contributed by atoms with E-state index in [2.05, 4.69) is 29.3 Å². The third kappa shape index (κ3) is 3.33.